The number of thiocarbonyl (C=S) groups is 1. The highest BCUT2D eigenvalue weighted by molar-refractivity contribution is 7.81. The van der Waals surface area contributed by atoms with Gasteiger partial charge in [0.1, 0.15) is 11.4 Å². The lowest BCUT2D eigenvalue weighted by molar-refractivity contribution is -0.120. The van der Waals surface area contributed by atoms with Gasteiger partial charge in [0.05, 0.1) is 35.6 Å². The number of thiophene rings is 1. The first-order valence-corrected chi connectivity index (χ1v) is 12.0. The number of nitrogens with zero attached hydrogens (tertiary/aromatic N) is 4. The molecule has 1 N–H and O–H groups in total. The number of aromatic nitrogens is 1. The molecule has 4 rings (SSSR count). The Hall–Kier alpha value is -3.68. The maximum atomic E-state index is 15.0. The van der Waals surface area contributed by atoms with E-state index in [1.807, 2.05) is 18.4 Å². The molecular weight excluding hydrogens is 485 g/mol. The Bertz CT molecular complexity index is 1410. The molecule has 3 heterocycles. The number of carbonyl (C=O) groups is 2. The van der Waals surface area contributed by atoms with E-state index < -0.39 is 11.4 Å². The molecule has 7 nitrogen and oxygen atoms in total. The van der Waals surface area contributed by atoms with Crippen LogP contribution in [0.2, 0.25) is 0 Å². The molecule has 0 spiro atoms. The highest BCUT2D eigenvalue weighted by Gasteiger charge is 2.50. The van der Waals surface area contributed by atoms with E-state index in [4.69, 9.17) is 18.8 Å². The van der Waals surface area contributed by atoms with Crippen molar-refractivity contribution in [3.8, 4) is 0 Å². The second-order valence-electron chi connectivity index (χ2n) is 8.64. The summed E-state index contributed by atoms with van der Waals surface area (Å²) in [6, 6.07) is 8.16. The third-order valence-corrected chi connectivity index (χ3v) is 7.25. The number of aryl methyl sites for hydroxylation is 2. The van der Waals surface area contributed by atoms with E-state index in [1.54, 1.807) is 43.9 Å². The van der Waals surface area contributed by atoms with Crippen LogP contribution in [0.15, 0.2) is 41.9 Å². The van der Waals surface area contributed by atoms with E-state index >= 15 is 4.39 Å². The number of rotatable bonds is 5. The number of halogens is 1. The summed E-state index contributed by atoms with van der Waals surface area (Å²) in [4.78, 5) is 36.9. The summed E-state index contributed by atoms with van der Waals surface area (Å²) in [5.74, 6) is -1.18. The Morgan fingerprint density at radius 1 is 1.23 bits per heavy atom. The zero-order valence-electron chi connectivity index (χ0n) is 19.5. The molecule has 2 amide bonds. The molecule has 10 heteroatoms. The van der Waals surface area contributed by atoms with E-state index in [0.29, 0.717) is 21.9 Å². The zero-order valence-corrected chi connectivity index (χ0v) is 21.2. The van der Waals surface area contributed by atoms with Crippen molar-refractivity contribution in [2.45, 2.75) is 39.8 Å². The number of benzene rings is 1. The van der Waals surface area contributed by atoms with Gasteiger partial charge in [0.15, 0.2) is 10.8 Å². The fourth-order valence-electron chi connectivity index (χ4n) is 3.92. The van der Waals surface area contributed by atoms with Crippen LogP contribution in [0.1, 0.15) is 40.3 Å². The summed E-state index contributed by atoms with van der Waals surface area (Å²) < 4.78 is 15.0. The fraction of sp³-hybridized carbons (Fsp3) is 0.240. The van der Waals surface area contributed by atoms with Crippen molar-refractivity contribution in [3.63, 3.8) is 0 Å². The SMILES string of the molecule is [C-]#[N+]c1ccc(N2C(=O)C(C)(C)N(c3cnc(CNC(=O)c4sccc4C)c(F)c3)C2=S)cc1C. The maximum Gasteiger partial charge on any atom is 0.261 e. The van der Waals surface area contributed by atoms with Gasteiger partial charge in [-0.15, -0.1) is 11.3 Å². The lowest BCUT2D eigenvalue weighted by Gasteiger charge is -2.29. The largest absolute Gasteiger partial charge is 0.346 e. The van der Waals surface area contributed by atoms with Crippen molar-refractivity contribution >= 4 is 57.5 Å². The van der Waals surface area contributed by atoms with Crippen molar-refractivity contribution in [1.29, 1.82) is 0 Å². The first kappa shape index (κ1) is 24.4. The van der Waals surface area contributed by atoms with Gasteiger partial charge < -0.3 is 10.2 Å². The number of hydrogen-bond donors (Lipinski definition) is 1. The molecule has 3 aromatic rings. The van der Waals surface area contributed by atoms with Crippen molar-refractivity contribution in [2.24, 2.45) is 0 Å². The smallest absolute Gasteiger partial charge is 0.261 e. The van der Waals surface area contributed by atoms with Crippen LogP contribution in [0.5, 0.6) is 0 Å². The van der Waals surface area contributed by atoms with Crippen LogP contribution >= 0.6 is 23.6 Å². The van der Waals surface area contributed by atoms with Gasteiger partial charge in [-0.05, 0) is 74.6 Å². The molecule has 0 radical (unpaired) electrons. The minimum atomic E-state index is -1.09. The number of hydrogen-bond acceptors (Lipinski definition) is 5. The van der Waals surface area contributed by atoms with Crippen LogP contribution in [0, 0.1) is 26.2 Å². The molecule has 1 saturated heterocycles. The molecule has 0 bridgehead atoms. The molecule has 1 aliphatic rings. The summed E-state index contributed by atoms with van der Waals surface area (Å²) in [6.07, 6.45) is 1.44. The van der Waals surface area contributed by atoms with E-state index in [2.05, 4.69) is 15.1 Å². The Labute approximate surface area is 212 Å². The molecule has 1 aromatic carbocycles. The standard InChI is InChI=1S/C25H22FN5O2S2/c1-14-8-9-35-21(14)22(32)29-13-20-18(26)11-17(12-28-20)31-24(34)30(23(33)25(31,3)4)16-6-7-19(27-5)15(2)10-16/h6-12H,13H2,1-4H3,(H,29,32). The third kappa shape index (κ3) is 4.29. The van der Waals surface area contributed by atoms with E-state index in [1.165, 1.54) is 28.5 Å². The first-order valence-electron chi connectivity index (χ1n) is 10.7. The van der Waals surface area contributed by atoms with Gasteiger partial charge in [-0.2, -0.15) is 0 Å². The van der Waals surface area contributed by atoms with Gasteiger partial charge in [-0.1, -0.05) is 6.07 Å². The molecule has 1 fully saturated rings. The predicted octanol–water partition coefficient (Wildman–Crippen LogP) is 5.30. The van der Waals surface area contributed by atoms with Crippen molar-refractivity contribution in [3.05, 3.63) is 80.8 Å². The van der Waals surface area contributed by atoms with Gasteiger partial charge >= 0.3 is 0 Å². The van der Waals surface area contributed by atoms with Gasteiger partial charge in [0, 0.05) is 11.8 Å². The second kappa shape index (κ2) is 9.17. The highest BCUT2D eigenvalue weighted by atomic mass is 32.1. The van der Waals surface area contributed by atoms with Crippen LogP contribution in [0.3, 0.4) is 0 Å². The molecule has 1 aliphatic heterocycles. The monoisotopic (exact) mass is 507 g/mol. The molecule has 0 aliphatic carbocycles. The number of pyridine rings is 1. The summed E-state index contributed by atoms with van der Waals surface area (Å²) in [7, 11) is 0. The van der Waals surface area contributed by atoms with Gasteiger partial charge in [0.25, 0.3) is 11.8 Å². The van der Waals surface area contributed by atoms with E-state index in [9.17, 15) is 9.59 Å². The average molecular weight is 508 g/mol. The number of carbonyl (C=O) groups excluding carboxylic acids is 2. The van der Waals surface area contributed by atoms with Crippen LogP contribution in [-0.4, -0.2) is 27.4 Å². The van der Waals surface area contributed by atoms with Crippen molar-refractivity contribution in [2.75, 3.05) is 9.80 Å². The van der Waals surface area contributed by atoms with Crippen molar-refractivity contribution < 1.29 is 14.0 Å². The summed E-state index contributed by atoms with van der Waals surface area (Å²) in [5.41, 5.74) is 1.92. The molecule has 0 saturated carbocycles. The fourth-order valence-corrected chi connectivity index (χ4v) is 5.28. The topological polar surface area (TPSA) is 69.9 Å². The van der Waals surface area contributed by atoms with Crippen LogP contribution in [0.25, 0.3) is 4.85 Å². The summed E-state index contributed by atoms with van der Waals surface area (Å²) in [6.45, 7) is 14.2. The lowest BCUT2D eigenvalue weighted by Crippen LogP contribution is -2.44. The predicted molar refractivity (Wildman–Crippen MR) is 139 cm³/mol. The lowest BCUT2D eigenvalue weighted by atomic mass is 10.0. The number of anilines is 2. The molecule has 2 aromatic heterocycles. The van der Waals surface area contributed by atoms with E-state index in [0.717, 1.165) is 11.1 Å². The van der Waals surface area contributed by atoms with Crippen LogP contribution in [0.4, 0.5) is 21.5 Å². The second-order valence-corrected chi connectivity index (χ2v) is 9.92. The average Bonchev–Trinajstić information content (AvgIpc) is 3.31. The quantitative estimate of drug-likeness (QED) is 0.375. The molecular formula is C25H22FN5O2S2. The highest BCUT2D eigenvalue weighted by Crippen LogP contribution is 2.37. The minimum Gasteiger partial charge on any atom is -0.346 e. The summed E-state index contributed by atoms with van der Waals surface area (Å²) in [5, 5.41) is 4.70. The first-order chi connectivity index (χ1) is 16.6. The Morgan fingerprint density at radius 3 is 2.57 bits per heavy atom. The van der Waals surface area contributed by atoms with Gasteiger partial charge in [0.2, 0.25) is 0 Å². The Morgan fingerprint density at radius 2 is 1.97 bits per heavy atom. The van der Waals surface area contributed by atoms with Crippen LogP contribution in [-0.2, 0) is 11.3 Å². The minimum absolute atomic E-state index is 0.0755. The Kier molecular flexibility index (Phi) is 6.40. The Balaban J connectivity index is 1.59. The third-order valence-electron chi connectivity index (χ3n) is 5.87. The van der Waals surface area contributed by atoms with Crippen molar-refractivity contribution in [1.82, 2.24) is 10.3 Å². The molecule has 0 unspecified atom stereocenters. The van der Waals surface area contributed by atoms with E-state index in [-0.39, 0.29) is 29.2 Å². The van der Waals surface area contributed by atoms with Gasteiger partial charge in [-0.25, -0.2) is 9.24 Å². The number of nitrogens with one attached hydrogen (secondary N) is 1. The zero-order chi connectivity index (χ0) is 25.5. The van der Waals surface area contributed by atoms with Gasteiger partial charge in [-0.3, -0.25) is 19.5 Å². The number of amides is 2. The molecule has 0 atom stereocenters. The molecule has 35 heavy (non-hydrogen) atoms. The maximum absolute atomic E-state index is 15.0. The summed E-state index contributed by atoms with van der Waals surface area (Å²) >= 11 is 6.96. The normalized spacial score (nSPS) is 14.9. The van der Waals surface area contributed by atoms with Crippen LogP contribution < -0.4 is 15.1 Å². The molecule has 178 valence electrons.